The van der Waals surface area contributed by atoms with Gasteiger partial charge in [0.1, 0.15) is 11.5 Å². The molecule has 0 unspecified atom stereocenters. The van der Waals surface area contributed by atoms with Gasteiger partial charge in [0.05, 0.1) is 23.1 Å². The van der Waals surface area contributed by atoms with Crippen LogP contribution in [0.1, 0.15) is 32.2 Å². The Morgan fingerprint density at radius 2 is 1.88 bits per heavy atom. The lowest BCUT2D eigenvalue weighted by molar-refractivity contribution is 0.0600. The van der Waals surface area contributed by atoms with Crippen LogP contribution in [-0.2, 0) is 14.8 Å². The maximum absolute atomic E-state index is 12.2. The molecule has 2 aromatic rings. The molecule has 1 aromatic heterocycles. The number of nitrogens with one attached hydrogen (secondary N) is 2. The molecule has 9 heteroatoms. The van der Waals surface area contributed by atoms with Gasteiger partial charge in [0, 0.05) is 0 Å². The van der Waals surface area contributed by atoms with Gasteiger partial charge in [0.15, 0.2) is 0 Å². The van der Waals surface area contributed by atoms with Gasteiger partial charge in [-0.05, 0) is 38.1 Å². The van der Waals surface area contributed by atoms with Crippen molar-refractivity contribution in [1.29, 1.82) is 0 Å². The molecule has 0 saturated heterocycles. The third kappa shape index (κ3) is 3.81. The minimum Gasteiger partial charge on any atom is -0.466 e. The summed E-state index contributed by atoms with van der Waals surface area (Å²) >= 11 is 0. The van der Waals surface area contributed by atoms with E-state index in [1.54, 1.807) is 13.8 Å². The van der Waals surface area contributed by atoms with Crippen LogP contribution in [0.3, 0.4) is 0 Å². The van der Waals surface area contributed by atoms with Crippen molar-refractivity contribution >= 4 is 21.9 Å². The lowest BCUT2D eigenvalue weighted by Gasteiger charge is -2.09. The van der Waals surface area contributed by atoms with Crippen molar-refractivity contribution in [3.63, 3.8) is 0 Å². The van der Waals surface area contributed by atoms with Crippen molar-refractivity contribution in [1.82, 2.24) is 10.3 Å². The largest absolute Gasteiger partial charge is 0.466 e. The van der Waals surface area contributed by atoms with E-state index in [-0.39, 0.29) is 16.0 Å². The van der Waals surface area contributed by atoms with Crippen LogP contribution in [0.4, 0.5) is 0 Å². The first-order valence-electron chi connectivity index (χ1n) is 6.82. The highest BCUT2D eigenvalue weighted by molar-refractivity contribution is 7.89. The minimum atomic E-state index is -4.05. The van der Waals surface area contributed by atoms with Crippen LogP contribution in [0.5, 0.6) is 0 Å². The first kappa shape index (κ1) is 17.7. The smallest absolute Gasteiger partial charge is 0.337 e. The lowest BCUT2D eigenvalue weighted by Crippen LogP contribution is -2.41. The number of rotatable bonds is 5. The summed E-state index contributed by atoms with van der Waals surface area (Å²) in [5.41, 5.74) is 2.40. The third-order valence-electron chi connectivity index (χ3n) is 3.15. The minimum absolute atomic E-state index is 0.0769. The Bertz CT molecular complexity index is 885. The number of carbonyl (C=O) groups is 2. The van der Waals surface area contributed by atoms with Gasteiger partial charge in [-0.1, -0.05) is 6.07 Å². The van der Waals surface area contributed by atoms with Crippen LogP contribution >= 0.6 is 0 Å². The quantitative estimate of drug-likeness (QED) is 0.619. The van der Waals surface area contributed by atoms with Crippen molar-refractivity contribution in [2.75, 3.05) is 7.11 Å². The second kappa shape index (κ2) is 6.85. The summed E-state index contributed by atoms with van der Waals surface area (Å²) in [7, 11) is -2.86. The van der Waals surface area contributed by atoms with E-state index in [1.165, 1.54) is 31.4 Å². The van der Waals surface area contributed by atoms with Crippen molar-refractivity contribution < 1.29 is 27.2 Å². The molecule has 0 radical (unpaired) electrons. The summed E-state index contributed by atoms with van der Waals surface area (Å²) in [6.45, 7) is 3.27. The van der Waals surface area contributed by atoms with Crippen LogP contribution in [-0.4, -0.2) is 27.4 Å². The zero-order chi connectivity index (χ0) is 17.9. The van der Waals surface area contributed by atoms with Gasteiger partial charge in [-0.3, -0.25) is 10.2 Å². The van der Waals surface area contributed by atoms with Crippen molar-refractivity contribution in [2.45, 2.75) is 18.7 Å². The predicted octanol–water partition coefficient (Wildman–Crippen LogP) is 1.31. The summed E-state index contributed by atoms with van der Waals surface area (Å²) in [6.07, 6.45) is 0. The van der Waals surface area contributed by atoms with Crippen LogP contribution < -0.4 is 10.3 Å². The summed E-state index contributed by atoms with van der Waals surface area (Å²) in [5.74, 6) is -0.416. The Balaban J connectivity index is 2.15. The molecule has 1 heterocycles. The monoisotopic (exact) mass is 352 g/mol. The maximum Gasteiger partial charge on any atom is 0.337 e. The molecule has 8 nitrogen and oxygen atoms in total. The average molecular weight is 352 g/mol. The van der Waals surface area contributed by atoms with Crippen LogP contribution in [0.2, 0.25) is 0 Å². The van der Waals surface area contributed by atoms with Gasteiger partial charge in [0.2, 0.25) is 0 Å². The highest BCUT2D eigenvalue weighted by Crippen LogP contribution is 2.14. The maximum atomic E-state index is 12.2. The summed E-state index contributed by atoms with van der Waals surface area (Å²) < 4.78 is 34.2. The first-order chi connectivity index (χ1) is 11.2. The third-order valence-corrected chi connectivity index (χ3v) is 4.40. The average Bonchev–Trinajstić information content (AvgIpc) is 2.90. The zero-order valence-electron chi connectivity index (χ0n) is 13.2. The fourth-order valence-corrected chi connectivity index (χ4v) is 2.89. The van der Waals surface area contributed by atoms with Gasteiger partial charge in [0.25, 0.3) is 15.9 Å². The molecule has 24 heavy (non-hydrogen) atoms. The molecule has 0 fully saturated rings. The molecule has 0 bridgehead atoms. The van der Waals surface area contributed by atoms with Gasteiger partial charge in [-0.15, -0.1) is 4.83 Å². The van der Waals surface area contributed by atoms with E-state index < -0.39 is 21.9 Å². The second-order valence-electron chi connectivity index (χ2n) is 4.91. The van der Waals surface area contributed by atoms with Crippen molar-refractivity contribution in [3.8, 4) is 0 Å². The second-order valence-corrected chi connectivity index (χ2v) is 6.59. The van der Waals surface area contributed by atoms with E-state index in [4.69, 9.17) is 4.42 Å². The normalized spacial score (nSPS) is 11.1. The van der Waals surface area contributed by atoms with Gasteiger partial charge in [-0.2, -0.15) is 0 Å². The SMILES string of the molecule is COC(=O)c1cccc(S(=O)(=O)NNC(=O)c2cc(C)oc2C)c1. The van der Waals surface area contributed by atoms with Crippen molar-refractivity contribution in [2.24, 2.45) is 0 Å². The Kier molecular flexibility index (Phi) is 5.05. The molecule has 0 aliphatic carbocycles. The highest BCUT2D eigenvalue weighted by Gasteiger charge is 2.19. The van der Waals surface area contributed by atoms with E-state index in [2.05, 4.69) is 10.2 Å². The number of amides is 1. The molecule has 0 atom stereocenters. The fraction of sp³-hybridized carbons (Fsp3) is 0.200. The lowest BCUT2D eigenvalue weighted by atomic mass is 10.2. The molecule has 1 amide bonds. The van der Waals surface area contributed by atoms with Gasteiger partial charge >= 0.3 is 5.97 Å². The molecule has 128 valence electrons. The summed E-state index contributed by atoms with van der Waals surface area (Å²) in [5, 5.41) is 0. The first-order valence-corrected chi connectivity index (χ1v) is 8.30. The molecule has 0 aliphatic heterocycles. The summed E-state index contributed by atoms with van der Waals surface area (Å²) in [4.78, 5) is 25.3. The number of methoxy groups -OCH3 is 1. The highest BCUT2D eigenvalue weighted by atomic mass is 32.2. The Labute approximate surface area is 138 Å². The van der Waals surface area contributed by atoms with E-state index in [0.29, 0.717) is 11.5 Å². The Morgan fingerprint density at radius 3 is 2.46 bits per heavy atom. The van der Waals surface area contributed by atoms with E-state index in [9.17, 15) is 18.0 Å². The standard InChI is InChI=1S/C15H16N2O6S/c1-9-7-13(10(2)23-9)14(18)16-17-24(20,21)12-6-4-5-11(8-12)15(19)22-3/h4-8,17H,1-3H3,(H,16,18). The number of esters is 1. The molecular weight excluding hydrogens is 336 g/mol. The molecular formula is C15H16N2O6S. The van der Waals surface area contributed by atoms with Crippen LogP contribution in [0.15, 0.2) is 39.6 Å². The van der Waals surface area contributed by atoms with Gasteiger partial charge < -0.3 is 9.15 Å². The number of benzene rings is 1. The van der Waals surface area contributed by atoms with Gasteiger partial charge in [-0.25, -0.2) is 13.2 Å². The van der Waals surface area contributed by atoms with E-state index in [1.807, 2.05) is 4.83 Å². The molecule has 2 rings (SSSR count). The number of carbonyl (C=O) groups excluding carboxylic acids is 2. The number of hydrogen-bond acceptors (Lipinski definition) is 6. The molecule has 0 aliphatic rings. The van der Waals surface area contributed by atoms with Crippen LogP contribution in [0.25, 0.3) is 0 Å². The molecule has 0 saturated carbocycles. The van der Waals surface area contributed by atoms with E-state index in [0.717, 1.165) is 6.07 Å². The number of ether oxygens (including phenoxy) is 1. The van der Waals surface area contributed by atoms with Crippen molar-refractivity contribution in [3.05, 3.63) is 53.0 Å². The van der Waals surface area contributed by atoms with E-state index >= 15 is 0 Å². The predicted molar refractivity (Wildman–Crippen MR) is 83.8 cm³/mol. The fourth-order valence-electron chi connectivity index (χ4n) is 2.00. The Hall–Kier alpha value is -2.65. The number of furan rings is 1. The molecule has 2 N–H and O–H groups in total. The number of hydrogen-bond donors (Lipinski definition) is 2. The zero-order valence-corrected chi connectivity index (χ0v) is 14.1. The van der Waals surface area contributed by atoms with Crippen LogP contribution in [0, 0.1) is 13.8 Å². The summed E-state index contributed by atoms with van der Waals surface area (Å²) in [6, 6.07) is 6.74. The number of hydrazine groups is 1. The molecule has 0 spiro atoms. The molecule has 1 aromatic carbocycles. The number of sulfonamides is 1. The number of aryl methyl sites for hydroxylation is 2. The topological polar surface area (TPSA) is 115 Å². The Morgan fingerprint density at radius 1 is 1.17 bits per heavy atom.